The molecule has 0 saturated carbocycles. The van der Waals surface area contributed by atoms with Crippen LogP contribution in [0, 0.1) is 13.8 Å². The molecule has 2 amide bonds. The molecule has 0 radical (unpaired) electrons. The van der Waals surface area contributed by atoms with Gasteiger partial charge in [-0.2, -0.15) is 0 Å². The third kappa shape index (κ3) is 4.65. The summed E-state index contributed by atoms with van der Waals surface area (Å²) >= 11 is 0. The second-order valence-corrected chi connectivity index (χ2v) is 8.67. The number of benzene rings is 2. The van der Waals surface area contributed by atoms with Crippen molar-refractivity contribution >= 4 is 23.2 Å². The first-order chi connectivity index (χ1) is 14.9. The Kier molecular flexibility index (Phi) is 6.39. The van der Waals surface area contributed by atoms with E-state index >= 15 is 0 Å². The molecule has 2 aromatic rings. The number of rotatable bonds is 5. The van der Waals surface area contributed by atoms with Crippen LogP contribution in [0.15, 0.2) is 42.5 Å². The Hall–Kier alpha value is -2.70. The standard InChI is InChI=1S/C25H32N4O2/c1-18-7-6-8-19(2)24(18)26-23(30)17-27-13-15-28(16-14-27)20(3)25(31)29-12-11-21-9-4-5-10-22(21)29/h4-10,20H,11-17H2,1-3H3,(H,26,30)/t20-/m0/s1. The number of anilines is 2. The van der Waals surface area contributed by atoms with E-state index in [0.717, 1.165) is 61.6 Å². The van der Waals surface area contributed by atoms with Gasteiger partial charge in [-0.1, -0.05) is 36.4 Å². The van der Waals surface area contributed by atoms with Crippen LogP contribution in [0.25, 0.3) is 0 Å². The van der Waals surface area contributed by atoms with Crippen LogP contribution in [0.5, 0.6) is 0 Å². The van der Waals surface area contributed by atoms with E-state index in [4.69, 9.17) is 0 Å². The number of hydrogen-bond donors (Lipinski definition) is 1. The lowest BCUT2D eigenvalue weighted by Crippen LogP contribution is -2.55. The van der Waals surface area contributed by atoms with Crippen molar-refractivity contribution < 1.29 is 9.59 Å². The number of hydrogen-bond acceptors (Lipinski definition) is 4. The molecule has 1 fully saturated rings. The van der Waals surface area contributed by atoms with Gasteiger partial charge in [0.1, 0.15) is 0 Å². The molecule has 0 bridgehead atoms. The minimum absolute atomic E-state index is 0.0173. The monoisotopic (exact) mass is 420 g/mol. The zero-order valence-electron chi connectivity index (χ0n) is 18.7. The lowest BCUT2D eigenvalue weighted by atomic mass is 10.1. The molecule has 4 rings (SSSR count). The van der Waals surface area contributed by atoms with Crippen molar-refractivity contribution in [1.29, 1.82) is 0 Å². The fourth-order valence-electron chi connectivity index (χ4n) is 4.65. The second-order valence-electron chi connectivity index (χ2n) is 8.67. The van der Waals surface area contributed by atoms with Gasteiger partial charge in [0, 0.05) is 44.1 Å². The smallest absolute Gasteiger partial charge is 0.244 e. The quantitative estimate of drug-likeness (QED) is 0.808. The molecule has 0 unspecified atom stereocenters. The van der Waals surface area contributed by atoms with Crippen molar-refractivity contribution in [2.24, 2.45) is 0 Å². The Balaban J connectivity index is 1.28. The Morgan fingerprint density at radius 2 is 1.61 bits per heavy atom. The molecule has 164 valence electrons. The average molecular weight is 421 g/mol. The number of para-hydroxylation sites is 2. The van der Waals surface area contributed by atoms with E-state index in [0.29, 0.717) is 6.54 Å². The number of aryl methyl sites for hydroxylation is 2. The zero-order chi connectivity index (χ0) is 22.0. The van der Waals surface area contributed by atoms with Crippen LogP contribution in [0.4, 0.5) is 11.4 Å². The molecule has 31 heavy (non-hydrogen) atoms. The molecule has 1 saturated heterocycles. The van der Waals surface area contributed by atoms with Gasteiger partial charge in [0.2, 0.25) is 11.8 Å². The summed E-state index contributed by atoms with van der Waals surface area (Å²) in [6.07, 6.45) is 0.928. The molecular weight excluding hydrogens is 388 g/mol. The van der Waals surface area contributed by atoms with Crippen LogP contribution in [-0.2, 0) is 16.0 Å². The van der Waals surface area contributed by atoms with Crippen molar-refractivity contribution in [1.82, 2.24) is 9.80 Å². The van der Waals surface area contributed by atoms with Crippen LogP contribution < -0.4 is 10.2 Å². The van der Waals surface area contributed by atoms with E-state index in [2.05, 4.69) is 21.2 Å². The van der Waals surface area contributed by atoms with Crippen LogP contribution in [-0.4, -0.2) is 66.9 Å². The predicted molar refractivity (Wildman–Crippen MR) is 125 cm³/mol. The van der Waals surface area contributed by atoms with Crippen molar-refractivity contribution in [2.75, 3.05) is 49.5 Å². The van der Waals surface area contributed by atoms with Crippen LogP contribution in [0.1, 0.15) is 23.6 Å². The zero-order valence-corrected chi connectivity index (χ0v) is 18.7. The largest absolute Gasteiger partial charge is 0.324 e. The van der Waals surface area contributed by atoms with E-state index in [9.17, 15) is 9.59 Å². The third-order valence-electron chi connectivity index (χ3n) is 6.58. The van der Waals surface area contributed by atoms with E-state index in [-0.39, 0.29) is 17.9 Å². The highest BCUT2D eigenvalue weighted by Crippen LogP contribution is 2.28. The molecule has 0 aliphatic carbocycles. The Labute approximate surface area is 184 Å². The van der Waals surface area contributed by atoms with Crippen molar-refractivity contribution in [2.45, 2.75) is 33.2 Å². The van der Waals surface area contributed by atoms with Crippen LogP contribution >= 0.6 is 0 Å². The van der Waals surface area contributed by atoms with Gasteiger partial charge in [-0.05, 0) is 49.9 Å². The molecule has 0 spiro atoms. The summed E-state index contributed by atoms with van der Waals surface area (Å²) in [4.78, 5) is 32.1. The average Bonchev–Trinajstić information content (AvgIpc) is 3.20. The maximum atomic E-state index is 13.1. The lowest BCUT2D eigenvalue weighted by molar-refractivity contribution is -0.124. The number of nitrogens with zero attached hydrogens (tertiary/aromatic N) is 3. The number of fused-ring (bicyclic) bond motifs is 1. The fourth-order valence-corrected chi connectivity index (χ4v) is 4.65. The van der Waals surface area contributed by atoms with Crippen LogP contribution in [0.3, 0.4) is 0 Å². The van der Waals surface area contributed by atoms with Gasteiger partial charge >= 0.3 is 0 Å². The van der Waals surface area contributed by atoms with Gasteiger partial charge in [-0.15, -0.1) is 0 Å². The molecule has 1 N–H and O–H groups in total. The summed E-state index contributed by atoms with van der Waals surface area (Å²) in [5.74, 6) is 0.190. The minimum Gasteiger partial charge on any atom is -0.324 e. The van der Waals surface area contributed by atoms with Crippen LogP contribution in [0.2, 0.25) is 0 Å². The summed E-state index contributed by atoms with van der Waals surface area (Å²) in [5, 5.41) is 3.07. The summed E-state index contributed by atoms with van der Waals surface area (Å²) in [6.45, 7) is 10.3. The van der Waals surface area contributed by atoms with Gasteiger partial charge in [0.15, 0.2) is 0 Å². The maximum Gasteiger partial charge on any atom is 0.244 e. The summed E-state index contributed by atoms with van der Waals surface area (Å²) in [6, 6.07) is 14.1. The summed E-state index contributed by atoms with van der Waals surface area (Å²) < 4.78 is 0. The van der Waals surface area contributed by atoms with E-state index < -0.39 is 0 Å². The van der Waals surface area contributed by atoms with Crippen molar-refractivity contribution in [3.63, 3.8) is 0 Å². The van der Waals surface area contributed by atoms with Crippen molar-refractivity contribution in [3.05, 3.63) is 59.2 Å². The number of carbonyl (C=O) groups excluding carboxylic acids is 2. The van der Waals surface area contributed by atoms with E-state index in [1.807, 2.05) is 62.1 Å². The third-order valence-corrected chi connectivity index (χ3v) is 6.58. The summed E-state index contributed by atoms with van der Waals surface area (Å²) in [7, 11) is 0. The van der Waals surface area contributed by atoms with E-state index in [1.54, 1.807) is 0 Å². The highest BCUT2D eigenvalue weighted by Gasteiger charge is 2.32. The molecule has 2 aliphatic rings. The Bertz CT molecular complexity index is 945. The minimum atomic E-state index is -0.156. The van der Waals surface area contributed by atoms with Gasteiger partial charge in [-0.3, -0.25) is 19.4 Å². The van der Waals surface area contributed by atoms with Gasteiger partial charge < -0.3 is 10.2 Å². The lowest BCUT2D eigenvalue weighted by Gasteiger charge is -2.38. The highest BCUT2D eigenvalue weighted by molar-refractivity contribution is 5.98. The molecule has 6 heteroatoms. The Morgan fingerprint density at radius 1 is 0.935 bits per heavy atom. The first-order valence-electron chi connectivity index (χ1n) is 11.2. The topological polar surface area (TPSA) is 55.9 Å². The molecule has 6 nitrogen and oxygen atoms in total. The molecular formula is C25H32N4O2. The number of amides is 2. The van der Waals surface area contributed by atoms with Gasteiger partial charge in [0.25, 0.3) is 0 Å². The number of nitrogens with one attached hydrogen (secondary N) is 1. The molecule has 2 aliphatic heterocycles. The Morgan fingerprint density at radius 3 is 2.32 bits per heavy atom. The maximum absolute atomic E-state index is 13.1. The van der Waals surface area contributed by atoms with Gasteiger partial charge in [0.05, 0.1) is 12.6 Å². The molecule has 0 aromatic heterocycles. The highest BCUT2D eigenvalue weighted by atomic mass is 16.2. The SMILES string of the molecule is Cc1cccc(C)c1NC(=O)CN1CCN([C@@H](C)C(=O)N2CCc3ccccc32)CC1. The first kappa shape index (κ1) is 21.5. The molecule has 1 atom stereocenters. The predicted octanol–water partition coefficient (Wildman–Crippen LogP) is 2.84. The van der Waals surface area contributed by atoms with Gasteiger partial charge in [-0.25, -0.2) is 0 Å². The summed E-state index contributed by atoms with van der Waals surface area (Å²) in [5.41, 5.74) is 5.38. The number of carbonyl (C=O) groups is 2. The fraction of sp³-hybridized carbons (Fsp3) is 0.440. The van der Waals surface area contributed by atoms with Crippen molar-refractivity contribution in [3.8, 4) is 0 Å². The second kappa shape index (κ2) is 9.20. The molecule has 2 heterocycles. The van der Waals surface area contributed by atoms with E-state index in [1.165, 1.54) is 5.56 Å². The molecule has 2 aromatic carbocycles. The normalized spacial score (nSPS) is 18.0. The number of piperazine rings is 1. The first-order valence-corrected chi connectivity index (χ1v) is 11.2.